The van der Waals surface area contributed by atoms with Gasteiger partial charge in [-0.15, -0.1) is 0 Å². The Kier molecular flexibility index (Phi) is 4.55. The van der Waals surface area contributed by atoms with Crippen LogP contribution in [0.3, 0.4) is 0 Å². The van der Waals surface area contributed by atoms with E-state index < -0.39 is 0 Å². The molecule has 1 saturated heterocycles. The third-order valence-electron chi connectivity index (χ3n) is 3.05. The van der Waals surface area contributed by atoms with Gasteiger partial charge in [0.05, 0.1) is 0 Å². The normalized spacial score (nSPS) is 18.9. The number of hydrogen-bond donors (Lipinski definition) is 1. The first-order chi connectivity index (χ1) is 8.65. The molecule has 2 rings (SSSR count). The molecule has 4 nitrogen and oxygen atoms in total. The van der Waals surface area contributed by atoms with Crippen molar-refractivity contribution in [3.63, 3.8) is 0 Å². The second-order valence-electron chi connectivity index (χ2n) is 4.59. The zero-order valence-electron chi connectivity index (χ0n) is 10.4. The van der Waals surface area contributed by atoms with Crippen LogP contribution in [-0.2, 0) is 4.74 Å². The zero-order valence-corrected chi connectivity index (χ0v) is 11.2. The largest absolute Gasteiger partial charge is 0.381 e. The fourth-order valence-electron chi connectivity index (χ4n) is 2.06. The number of aryl methyl sites for hydroxylation is 1. The number of hydrogen-bond acceptors (Lipinski definition) is 3. The Hall–Kier alpha value is -1.13. The summed E-state index contributed by atoms with van der Waals surface area (Å²) in [5.74, 6) is 0.481. The zero-order chi connectivity index (χ0) is 13.0. The van der Waals surface area contributed by atoms with E-state index >= 15 is 0 Å². The van der Waals surface area contributed by atoms with Gasteiger partial charge in [0, 0.05) is 31.0 Å². The summed E-state index contributed by atoms with van der Waals surface area (Å²) in [6.07, 6.45) is 2.06. The van der Waals surface area contributed by atoms with Gasteiger partial charge in [-0.05, 0) is 37.8 Å². The van der Waals surface area contributed by atoms with E-state index in [4.69, 9.17) is 16.3 Å². The third kappa shape index (κ3) is 3.68. The summed E-state index contributed by atoms with van der Waals surface area (Å²) in [7, 11) is 0. The van der Waals surface area contributed by atoms with E-state index in [0.717, 1.165) is 31.7 Å². The highest BCUT2D eigenvalue weighted by molar-refractivity contribution is 6.29. The minimum absolute atomic E-state index is 0.0960. The first kappa shape index (κ1) is 13.3. The molecule has 98 valence electrons. The van der Waals surface area contributed by atoms with Crippen LogP contribution in [0.1, 0.15) is 28.9 Å². The molecule has 1 aromatic rings. The molecule has 0 bridgehead atoms. The molecule has 1 aromatic heterocycles. The molecule has 1 aliphatic rings. The molecule has 0 aliphatic carbocycles. The predicted molar refractivity (Wildman–Crippen MR) is 69.9 cm³/mol. The number of amides is 1. The van der Waals surface area contributed by atoms with Crippen molar-refractivity contribution in [1.82, 2.24) is 10.3 Å². The maximum absolute atomic E-state index is 11.9. The molecule has 5 heteroatoms. The molecule has 1 N–H and O–H groups in total. The van der Waals surface area contributed by atoms with E-state index in [1.54, 1.807) is 12.1 Å². The first-order valence-electron chi connectivity index (χ1n) is 6.15. The molecular formula is C13H17ClN2O2. The SMILES string of the molecule is Cc1cc(C(=O)NCCC2CCOC2)cc(Cl)n1. The standard InChI is InChI=1S/C13H17ClN2O2/c1-9-6-11(7-12(14)16-9)13(17)15-4-2-10-3-5-18-8-10/h6-7,10H,2-5,8H2,1H3,(H,15,17). The molecule has 18 heavy (non-hydrogen) atoms. The summed E-state index contributed by atoms with van der Waals surface area (Å²) in [4.78, 5) is 15.9. The van der Waals surface area contributed by atoms with Gasteiger partial charge >= 0.3 is 0 Å². The van der Waals surface area contributed by atoms with Crippen LogP contribution in [0, 0.1) is 12.8 Å². The average Bonchev–Trinajstić information content (AvgIpc) is 2.80. The molecule has 1 amide bonds. The average molecular weight is 269 g/mol. The van der Waals surface area contributed by atoms with E-state index in [1.807, 2.05) is 6.92 Å². The van der Waals surface area contributed by atoms with Crippen molar-refractivity contribution in [1.29, 1.82) is 0 Å². The number of nitrogens with one attached hydrogen (secondary N) is 1. The van der Waals surface area contributed by atoms with E-state index in [0.29, 0.717) is 23.2 Å². The van der Waals surface area contributed by atoms with Gasteiger partial charge in [0.25, 0.3) is 5.91 Å². The van der Waals surface area contributed by atoms with E-state index in [9.17, 15) is 4.79 Å². The van der Waals surface area contributed by atoms with Gasteiger partial charge in [-0.1, -0.05) is 11.6 Å². The molecule has 0 saturated carbocycles. The maximum Gasteiger partial charge on any atom is 0.251 e. The molecule has 0 aromatic carbocycles. The van der Waals surface area contributed by atoms with Gasteiger partial charge in [0.1, 0.15) is 5.15 Å². The number of halogens is 1. The number of ether oxygens (including phenoxy) is 1. The van der Waals surface area contributed by atoms with Crippen molar-refractivity contribution < 1.29 is 9.53 Å². The summed E-state index contributed by atoms with van der Waals surface area (Å²) in [5, 5.41) is 3.25. The number of rotatable bonds is 4. The summed E-state index contributed by atoms with van der Waals surface area (Å²) in [6, 6.07) is 3.32. The van der Waals surface area contributed by atoms with Gasteiger partial charge in [0.15, 0.2) is 0 Å². The molecule has 0 radical (unpaired) electrons. The molecule has 1 atom stereocenters. The van der Waals surface area contributed by atoms with Crippen molar-refractivity contribution >= 4 is 17.5 Å². The second kappa shape index (κ2) is 6.16. The quantitative estimate of drug-likeness (QED) is 0.852. The molecule has 2 heterocycles. The van der Waals surface area contributed by atoms with Gasteiger partial charge < -0.3 is 10.1 Å². The van der Waals surface area contributed by atoms with Gasteiger partial charge in [-0.2, -0.15) is 0 Å². The van der Waals surface area contributed by atoms with E-state index in [-0.39, 0.29) is 5.91 Å². The Morgan fingerprint density at radius 3 is 3.11 bits per heavy atom. The highest BCUT2D eigenvalue weighted by Crippen LogP contribution is 2.15. The molecule has 1 fully saturated rings. The number of nitrogens with zero attached hydrogens (tertiary/aromatic N) is 1. The second-order valence-corrected chi connectivity index (χ2v) is 4.98. The van der Waals surface area contributed by atoms with Crippen molar-refractivity contribution in [2.45, 2.75) is 19.8 Å². The van der Waals surface area contributed by atoms with Crippen LogP contribution in [0.15, 0.2) is 12.1 Å². The Bertz CT molecular complexity index is 411. The van der Waals surface area contributed by atoms with E-state index in [1.165, 1.54) is 0 Å². The Morgan fingerprint density at radius 1 is 1.61 bits per heavy atom. The van der Waals surface area contributed by atoms with Crippen LogP contribution >= 0.6 is 11.6 Å². The summed E-state index contributed by atoms with van der Waals surface area (Å²) >= 11 is 5.82. The number of aromatic nitrogens is 1. The Morgan fingerprint density at radius 2 is 2.44 bits per heavy atom. The number of carbonyl (C=O) groups excluding carboxylic acids is 1. The fraction of sp³-hybridized carbons (Fsp3) is 0.538. The third-order valence-corrected chi connectivity index (χ3v) is 3.24. The highest BCUT2D eigenvalue weighted by atomic mass is 35.5. The molecule has 1 unspecified atom stereocenters. The highest BCUT2D eigenvalue weighted by Gasteiger charge is 2.15. The smallest absolute Gasteiger partial charge is 0.251 e. The van der Waals surface area contributed by atoms with Crippen LogP contribution in [-0.4, -0.2) is 30.6 Å². The van der Waals surface area contributed by atoms with Crippen LogP contribution in [0.4, 0.5) is 0 Å². The monoisotopic (exact) mass is 268 g/mol. The van der Waals surface area contributed by atoms with Crippen LogP contribution < -0.4 is 5.32 Å². The predicted octanol–water partition coefficient (Wildman–Crippen LogP) is 2.20. The Labute approximate surface area is 112 Å². The molecular weight excluding hydrogens is 252 g/mol. The van der Waals surface area contributed by atoms with Crippen LogP contribution in [0.25, 0.3) is 0 Å². The lowest BCUT2D eigenvalue weighted by atomic mass is 10.1. The minimum Gasteiger partial charge on any atom is -0.381 e. The lowest BCUT2D eigenvalue weighted by Gasteiger charge is -2.09. The van der Waals surface area contributed by atoms with Crippen molar-refractivity contribution in [3.8, 4) is 0 Å². The van der Waals surface area contributed by atoms with Crippen molar-refractivity contribution in [2.24, 2.45) is 5.92 Å². The summed E-state index contributed by atoms with van der Waals surface area (Å²) in [6.45, 7) is 4.15. The van der Waals surface area contributed by atoms with Crippen LogP contribution in [0.2, 0.25) is 5.15 Å². The topological polar surface area (TPSA) is 51.2 Å². The van der Waals surface area contributed by atoms with Crippen molar-refractivity contribution in [3.05, 3.63) is 28.5 Å². The molecule has 1 aliphatic heterocycles. The fourth-order valence-corrected chi connectivity index (χ4v) is 2.31. The Balaban J connectivity index is 1.83. The van der Waals surface area contributed by atoms with Gasteiger partial charge in [0.2, 0.25) is 0 Å². The summed E-state index contributed by atoms with van der Waals surface area (Å²) in [5.41, 5.74) is 1.31. The minimum atomic E-state index is -0.0960. The van der Waals surface area contributed by atoms with Crippen LogP contribution in [0.5, 0.6) is 0 Å². The maximum atomic E-state index is 11.9. The number of carbonyl (C=O) groups is 1. The first-order valence-corrected chi connectivity index (χ1v) is 6.53. The van der Waals surface area contributed by atoms with Crippen molar-refractivity contribution in [2.75, 3.05) is 19.8 Å². The van der Waals surface area contributed by atoms with E-state index in [2.05, 4.69) is 10.3 Å². The number of pyridine rings is 1. The lowest BCUT2D eigenvalue weighted by Crippen LogP contribution is -2.26. The molecule has 0 spiro atoms. The van der Waals surface area contributed by atoms with Gasteiger partial charge in [-0.25, -0.2) is 4.98 Å². The summed E-state index contributed by atoms with van der Waals surface area (Å²) < 4.78 is 5.29. The van der Waals surface area contributed by atoms with Gasteiger partial charge in [-0.3, -0.25) is 4.79 Å². The lowest BCUT2D eigenvalue weighted by molar-refractivity contribution is 0.0950.